The average Bonchev–Trinajstić information content (AvgIpc) is 3.10. The molecule has 0 saturated heterocycles. The maximum atomic E-state index is 9.12. The van der Waals surface area contributed by atoms with Gasteiger partial charge in [0, 0.05) is 17.2 Å². The third kappa shape index (κ3) is 1.55. The van der Waals surface area contributed by atoms with Crippen LogP contribution in [0, 0.1) is 11.3 Å². The summed E-state index contributed by atoms with van der Waals surface area (Å²) in [5.74, 6) is 2.20. The van der Waals surface area contributed by atoms with E-state index in [9.17, 15) is 0 Å². The van der Waals surface area contributed by atoms with Crippen molar-refractivity contribution >= 4 is 5.57 Å². The SMILES string of the molecule is COc1ccc2c(c1)C(=CC#N)c1c-2ccc2c1OCO2. The molecule has 0 saturated carbocycles. The van der Waals surface area contributed by atoms with Crippen molar-refractivity contribution in [2.24, 2.45) is 0 Å². The predicted molar refractivity (Wildman–Crippen MR) is 77.2 cm³/mol. The molecule has 0 N–H and O–H groups in total. The van der Waals surface area contributed by atoms with Crippen molar-refractivity contribution in [2.45, 2.75) is 0 Å². The Bertz CT molecular complexity index is 831. The fourth-order valence-corrected chi connectivity index (χ4v) is 2.92. The molecule has 0 aromatic heterocycles. The number of benzene rings is 2. The molecule has 0 unspecified atom stereocenters. The standard InChI is InChI=1S/C17H11NO3/c1-19-10-2-3-11-12-4-5-15-17(21-9-20-15)16(12)13(6-7-18)14(11)8-10/h2-6,8H,9H2,1H3. The summed E-state index contributed by atoms with van der Waals surface area (Å²) in [6, 6.07) is 11.9. The van der Waals surface area contributed by atoms with Gasteiger partial charge in [-0.2, -0.15) is 5.26 Å². The molecule has 0 radical (unpaired) electrons. The molecule has 0 amide bonds. The largest absolute Gasteiger partial charge is 0.497 e. The van der Waals surface area contributed by atoms with Crippen LogP contribution in [0.3, 0.4) is 0 Å². The summed E-state index contributed by atoms with van der Waals surface area (Å²) >= 11 is 0. The molecule has 2 aromatic carbocycles. The first-order valence-electron chi connectivity index (χ1n) is 6.55. The van der Waals surface area contributed by atoms with Gasteiger partial charge in [-0.15, -0.1) is 0 Å². The first-order valence-corrected chi connectivity index (χ1v) is 6.55. The quantitative estimate of drug-likeness (QED) is 0.640. The molecule has 4 nitrogen and oxygen atoms in total. The number of allylic oxidation sites excluding steroid dienone is 1. The molecular weight excluding hydrogens is 266 g/mol. The van der Waals surface area contributed by atoms with E-state index in [1.807, 2.05) is 30.3 Å². The highest BCUT2D eigenvalue weighted by atomic mass is 16.7. The van der Waals surface area contributed by atoms with Crippen LogP contribution < -0.4 is 14.2 Å². The Morgan fingerprint density at radius 1 is 1.14 bits per heavy atom. The van der Waals surface area contributed by atoms with E-state index in [0.29, 0.717) is 5.75 Å². The molecule has 1 aliphatic carbocycles. The number of nitriles is 1. The minimum Gasteiger partial charge on any atom is -0.497 e. The van der Waals surface area contributed by atoms with Crippen LogP contribution in [-0.4, -0.2) is 13.9 Å². The van der Waals surface area contributed by atoms with E-state index in [1.54, 1.807) is 13.2 Å². The third-order valence-electron chi connectivity index (χ3n) is 3.82. The van der Waals surface area contributed by atoms with Crippen molar-refractivity contribution in [1.29, 1.82) is 5.26 Å². The van der Waals surface area contributed by atoms with E-state index in [4.69, 9.17) is 19.5 Å². The molecule has 21 heavy (non-hydrogen) atoms. The van der Waals surface area contributed by atoms with Crippen molar-refractivity contribution in [1.82, 2.24) is 0 Å². The van der Waals surface area contributed by atoms with Crippen molar-refractivity contribution in [3.63, 3.8) is 0 Å². The number of hydrogen-bond donors (Lipinski definition) is 0. The molecule has 1 heterocycles. The van der Waals surface area contributed by atoms with Crippen LogP contribution >= 0.6 is 0 Å². The van der Waals surface area contributed by atoms with Crippen LogP contribution in [0.15, 0.2) is 36.4 Å². The van der Waals surface area contributed by atoms with Gasteiger partial charge in [0.1, 0.15) is 5.75 Å². The van der Waals surface area contributed by atoms with Gasteiger partial charge in [0.25, 0.3) is 0 Å². The summed E-state index contributed by atoms with van der Waals surface area (Å²) in [6.45, 7) is 0.214. The maximum absolute atomic E-state index is 9.12. The van der Waals surface area contributed by atoms with Gasteiger partial charge in [-0.25, -0.2) is 0 Å². The van der Waals surface area contributed by atoms with Crippen LogP contribution in [0.5, 0.6) is 17.2 Å². The molecule has 4 heteroatoms. The average molecular weight is 277 g/mol. The van der Waals surface area contributed by atoms with Gasteiger partial charge in [0.15, 0.2) is 11.5 Å². The topological polar surface area (TPSA) is 51.5 Å². The molecule has 0 atom stereocenters. The summed E-state index contributed by atoms with van der Waals surface area (Å²) in [4.78, 5) is 0. The lowest BCUT2D eigenvalue weighted by Crippen LogP contribution is -1.94. The number of nitrogens with zero attached hydrogens (tertiary/aromatic N) is 1. The van der Waals surface area contributed by atoms with Gasteiger partial charge in [-0.05, 0) is 41.0 Å². The second kappa shape index (κ2) is 4.29. The van der Waals surface area contributed by atoms with Crippen LogP contribution in [0.1, 0.15) is 11.1 Å². The minimum absolute atomic E-state index is 0.214. The number of methoxy groups -OCH3 is 1. The van der Waals surface area contributed by atoms with Crippen molar-refractivity contribution in [3.05, 3.63) is 47.5 Å². The van der Waals surface area contributed by atoms with E-state index < -0.39 is 0 Å². The van der Waals surface area contributed by atoms with Crippen LogP contribution in [0.2, 0.25) is 0 Å². The monoisotopic (exact) mass is 277 g/mol. The van der Waals surface area contributed by atoms with E-state index in [2.05, 4.69) is 6.07 Å². The molecule has 0 spiro atoms. The van der Waals surface area contributed by atoms with Crippen LogP contribution in [-0.2, 0) is 0 Å². The number of ether oxygens (including phenoxy) is 3. The highest BCUT2D eigenvalue weighted by molar-refractivity contribution is 6.04. The van der Waals surface area contributed by atoms with E-state index in [0.717, 1.165) is 39.3 Å². The molecular formula is C17H11NO3. The summed E-state index contributed by atoms with van der Waals surface area (Å²) in [6.07, 6.45) is 1.55. The zero-order valence-electron chi connectivity index (χ0n) is 11.3. The number of hydrogen-bond acceptors (Lipinski definition) is 4. The molecule has 0 bridgehead atoms. The smallest absolute Gasteiger partial charge is 0.231 e. The van der Waals surface area contributed by atoms with E-state index >= 15 is 0 Å². The van der Waals surface area contributed by atoms with E-state index in [1.165, 1.54) is 0 Å². The van der Waals surface area contributed by atoms with Crippen molar-refractivity contribution < 1.29 is 14.2 Å². The molecule has 1 aliphatic heterocycles. The van der Waals surface area contributed by atoms with Gasteiger partial charge < -0.3 is 14.2 Å². The van der Waals surface area contributed by atoms with Gasteiger partial charge in [-0.3, -0.25) is 0 Å². The lowest BCUT2D eigenvalue weighted by atomic mass is 10.0. The lowest BCUT2D eigenvalue weighted by Gasteiger charge is -2.05. The first kappa shape index (κ1) is 11.9. The summed E-state index contributed by atoms with van der Waals surface area (Å²) in [5, 5.41) is 9.12. The molecule has 0 fully saturated rings. The Morgan fingerprint density at radius 2 is 2.00 bits per heavy atom. The van der Waals surface area contributed by atoms with Crippen LogP contribution in [0.4, 0.5) is 0 Å². The molecule has 102 valence electrons. The normalized spacial score (nSPS) is 15.5. The summed E-state index contributed by atoms with van der Waals surface area (Å²) in [5.41, 5.74) is 4.89. The fraction of sp³-hybridized carbons (Fsp3) is 0.118. The second-order valence-electron chi connectivity index (χ2n) is 4.82. The Hall–Kier alpha value is -2.93. The number of rotatable bonds is 1. The van der Waals surface area contributed by atoms with Crippen molar-refractivity contribution in [3.8, 4) is 34.4 Å². The van der Waals surface area contributed by atoms with Gasteiger partial charge >= 0.3 is 0 Å². The Kier molecular flexibility index (Phi) is 2.42. The highest BCUT2D eigenvalue weighted by Crippen LogP contribution is 2.53. The van der Waals surface area contributed by atoms with Gasteiger partial charge in [-0.1, -0.05) is 6.07 Å². The van der Waals surface area contributed by atoms with Crippen molar-refractivity contribution in [2.75, 3.05) is 13.9 Å². The van der Waals surface area contributed by atoms with E-state index in [-0.39, 0.29) is 6.79 Å². The Balaban J connectivity index is 2.05. The third-order valence-corrected chi connectivity index (χ3v) is 3.82. The predicted octanol–water partition coefficient (Wildman–Crippen LogP) is 3.36. The zero-order valence-corrected chi connectivity index (χ0v) is 11.3. The minimum atomic E-state index is 0.214. The van der Waals surface area contributed by atoms with Crippen LogP contribution in [0.25, 0.3) is 16.7 Å². The second-order valence-corrected chi connectivity index (χ2v) is 4.82. The molecule has 2 aliphatic rings. The van der Waals surface area contributed by atoms with Gasteiger partial charge in [0.2, 0.25) is 6.79 Å². The van der Waals surface area contributed by atoms with Gasteiger partial charge in [0.05, 0.1) is 13.2 Å². The molecule has 4 rings (SSSR count). The summed E-state index contributed by atoms with van der Waals surface area (Å²) < 4.78 is 16.3. The fourth-order valence-electron chi connectivity index (χ4n) is 2.92. The number of fused-ring (bicyclic) bond motifs is 5. The highest BCUT2D eigenvalue weighted by Gasteiger charge is 2.31. The summed E-state index contributed by atoms with van der Waals surface area (Å²) in [7, 11) is 1.63. The Labute approximate surface area is 121 Å². The molecule has 2 aromatic rings. The zero-order chi connectivity index (χ0) is 14.4. The lowest BCUT2D eigenvalue weighted by molar-refractivity contribution is 0.174. The Morgan fingerprint density at radius 3 is 2.81 bits per heavy atom. The first-order chi connectivity index (χ1) is 10.3. The maximum Gasteiger partial charge on any atom is 0.231 e.